The van der Waals surface area contributed by atoms with Crippen LogP contribution in [0.2, 0.25) is 0 Å². The van der Waals surface area contributed by atoms with Crippen molar-refractivity contribution in [3.63, 3.8) is 0 Å². The number of aliphatic carboxylic acids is 1. The van der Waals surface area contributed by atoms with Crippen molar-refractivity contribution in [1.29, 1.82) is 0 Å². The fourth-order valence-corrected chi connectivity index (χ4v) is 2.63. The van der Waals surface area contributed by atoms with Gasteiger partial charge in [-0.2, -0.15) is 0 Å². The van der Waals surface area contributed by atoms with Crippen molar-refractivity contribution in [2.75, 3.05) is 20.2 Å². The molecule has 3 amide bonds. The van der Waals surface area contributed by atoms with E-state index < -0.39 is 18.0 Å². The number of carbonyl (C=O) groups excluding carboxylic acids is 3. The molecule has 0 radical (unpaired) electrons. The van der Waals surface area contributed by atoms with Crippen LogP contribution >= 0.6 is 0 Å². The van der Waals surface area contributed by atoms with Crippen LogP contribution in [0.3, 0.4) is 0 Å². The zero-order valence-electron chi connectivity index (χ0n) is 17.4. The molecule has 31 heavy (non-hydrogen) atoms. The van der Waals surface area contributed by atoms with Gasteiger partial charge in [0, 0.05) is 13.1 Å². The molecule has 0 bridgehead atoms. The Hall–Kier alpha value is -1.98. The fourth-order valence-electron chi connectivity index (χ4n) is 2.63. The Morgan fingerprint density at radius 1 is 0.968 bits per heavy atom. The Morgan fingerprint density at radius 2 is 1.55 bits per heavy atom. The smallest absolute Gasteiger partial charge is 0.548 e. The van der Waals surface area contributed by atoms with Crippen molar-refractivity contribution < 1.29 is 80.0 Å². The number of ether oxygens (including phenoxy) is 1. The molecular weight excluding hydrogens is 432 g/mol. The van der Waals surface area contributed by atoms with Crippen LogP contribution in [-0.4, -0.2) is 44.1 Å². The van der Waals surface area contributed by atoms with Gasteiger partial charge in [-0.05, 0) is 41.8 Å². The molecule has 160 valence electrons. The molecule has 2 rings (SSSR count). The summed E-state index contributed by atoms with van der Waals surface area (Å²) in [6.07, 6.45) is 0.134. The average Bonchev–Trinajstić information content (AvgIpc) is 2.73. The van der Waals surface area contributed by atoms with Crippen LogP contribution < -0.4 is 77.2 Å². The molecule has 0 spiro atoms. The third kappa shape index (κ3) is 10.2. The topological polar surface area (TPSA) is 120 Å². The monoisotopic (exact) mass is 455 g/mol. The quantitative estimate of drug-likeness (QED) is 0.263. The van der Waals surface area contributed by atoms with Gasteiger partial charge in [0.15, 0.2) is 0 Å². The Bertz CT molecular complexity index is 862. The normalized spacial score (nSPS) is 10.9. The van der Waals surface area contributed by atoms with Gasteiger partial charge < -0.3 is 30.6 Å². The van der Waals surface area contributed by atoms with E-state index in [1.807, 2.05) is 0 Å². The van der Waals surface area contributed by atoms with Crippen molar-refractivity contribution in [2.45, 2.75) is 18.9 Å². The predicted octanol–water partition coefficient (Wildman–Crippen LogP) is -2.84. The second-order valence-corrected chi connectivity index (χ2v) is 6.48. The van der Waals surface area contributed by atoms with E-state index in [-0.39, 0.29) is 89.0 Å². The first kappa shape index (κ1) is 27.1. The molecule has 3 N–H and O–H groups in total. The Morgan fingerprint density at radius 3 is 2.13 bits per heavy atom. The number of hydrogen-bond donors (Lipinski definition) is 3. The van der Waals surface area contributed by atoms with Gasteiger partial charge in [-0.3, -0.25) is 4.79 Å². The van der Waals surface area contributed by atoms with E-state index in [0.717, 1.165) is 0 Å². The van der Waals surface area contributed by atoms with Crippen LogP contribution in [0.4, 0.5) is 9.18 Å². The molecule has 1 atom stereocenters. The summed E-state index contributed by atoms with van der Waals surface area (Å²) in [5, 5.41) is 18.7. The molecule has 0 aromatic heterocycles. The number of rotatable bonds is 10. The predicted molar refractivity (Wildman–Crippen MR) is 105 cm³/mol. The molecule has 8 nitrogen and oxygen atoms in total. The Kier molecular flexibility index (Phi) is 12.3. The second-order valence-electron chi connectivity index (χ2n) is 6.48. The van der Waals surface area contributed by atoms with Crippen molar-refractivity contribution in [3.8, 4) is 5.75 Å². The van der Waals surface area contributed by atoms with Crippen LogP contribution in [0.25, 0.3) is 0 Å². The summed E-state index contributed by atoms with van der Waals surface area (Å²) < 4.78 is 17.9. The number of benzene rings is 2. The number of carboxylic acid groups (broad SMARTS) is 1. The molecule has 0 heterocycles. The van der Waals surface area contributed by atoms with Crippen LogP contribution in [-0.2, 0) is 22.4 Å². The van der Waals surface area contributed by atoms with Crippen LogP contribution in [0.5, 0.6) is 5.75 Å². The number of nitrogens with one attached hydrogen (secondary N) is 3. The maximum Gasteiger partial charge on any atom is 1.00 e. The van der Waals surface area contributed by atoms with Gasteiger partial charge in [0.1, 0.15) is 11.6 Å². The molecule has 0 aliphatic rings. The molecule has 0 saturated carbocycles. The number of carbonyl (C=O) groups is 3. The van der Waals surface area contributed by atoms with E-state index in [4.69, 9.17) is 4.74 Å². The van der Waals surface area contributed by atoms with Crippen molar-refractivity contribution in [2.24, 2.45) is 0 Å². The summed E-state index contributed by atoms with van der Waals surface area (Å²) in [4.78, 5) is 35.1. The molecule has 0 saturated heterocycles. The van der Waals surface area contributed by atoms with Crippen LogP contribution in [0.15, 0.2) is 48.5 Å². The van der Waals surface area contributed by atoms with E-state index in [9.17, 15) is 23.9 Å². The fraction of sp³-hybridized carbons (Fsp3) is 0.286. The minimum atomic E-state index is -1.41. The van der Waals surface area contributed by atoms with Gasteiger partial charge in [-0.25, -0.2) is 9.18 Å². The third-order valence-electron chi connectivity index (χ3n) is 4.20. The van der Waals surface area contributed by atoms with Crippen molar-refractivity contribution in [1.82, 2.24) is 16.0 Å². The molecule has 0 aliphatic carbocycles. The molecular formula is C21H23FKN3O5. The number of amides is 3. The first-order chi connectivity index (χ1) is 14.4. The van der Waals surface area contributed by atoms with Gasteiger partial charge in [0.25, 0.3) is 0 Å². The van der Waals surface area contributed by atoms with Gasteiger partial charge in [-0.1, -0.05) is 24.3 Å². The first-order valence-electron chi connectivity index (χ1n) is 9.26. The summed E-state index contributed by atoms with van der Waals surface area (Å²) in [6, 6.07) is 10.5. The summed E-state index contributed by atoms with van der Waals surface area (Å²) in [7, 11) is 1.52. The largest absolute Gasteiger partial charge is 1.00 e. The third-order valence-corrected chi connectivity index (χ3v) is 4.20. The van der Waals surface area contributed by atoms with E-state index in [1.54, 1.807) is 24.3 Å². The summed E-state index contributed by atoms with van der Waals surface area (Å²) in [5.41, 5.74) is 1.35. The van der Waals surface area contributed by atoms with Crippen LogP contribution in [0.1, 0.15) is 11.1 Å². The van der Waals surface area contributed by atoms with Crippen molar-refractivity contribution >= 4 is 17.9 Å². The molecule has 0 unspecified atom stereocenters. The molecule has 10 heteroatoms. The number of carboxylic acids is 1. The summed E-state index contributed by atoms with van der Waals surface area (Å²) in [5.74, 6) is -1.43. The minimum absolute atomic E-state index is 0. The maximum absolute atomic E-state index is 12.8. The van der Waals surface area contributed by atoms with Gasteiger partial charge in [0.2, 0.25) is 5.91 Å². The molecule has 0 aliphatic heterocycles. The van der Waals surface area contributed by atoms with E-state index in [2.05, 4.69) is 16.0 Å². The molecule has 0 fully saturated rings. The SMILES string of the molecule is COc1ccc(C[C@H](NC(=O)NCCNC(=O)Cc2ccc(F)cc2)C(=O)[O-])cc1.[K+]. The average molecular weight is 456 g/mol. The number of methoxy groups -OCH3 is 1. The second kappa shape index (κ2) is 14.1. The van der Waals surface area contributed by atoms with Gasteiger partial charge >= 0.3 is 57.4 Å². The first-order valence-corrected chi connectivity index (χ1v) is 9.26. The zero-order chi connectivity index (χ0) is 21.9. The zero-order valence-corrected chi connectivity index (χ0v) is 20.6. The number of urea groups is 1. The number of hydrogen-bond acceptors (Lipinski definition) is 5. The van der Waals surface area contributed by atoms with E-state index in [0.29, 0.717) is 16.9 Å². The molecule has 2 aromatic rings. The summed E-state index contributed by atoms with van der Waals surface area (Å²) >= 11 is 0. The van der Waals surface area contributed by atoms with Crippen LogP contribution in [0, 0.1) is 5.82 Å². The number of halogens is 1. The standard InChI is InChI=1S/C21H24FN3O5.K/c1-30-17-8-4-14(5-9-17)12-18(20(27)28)25-21(29)24-11-10-23-19(26)13-15-2-6-16(22)7-3-15;/h2-9,18H,10-13H2,1H3,(H,23,26)(H,27,28)(H2,24,25,29);/q;+1/p-1/t18-;/m0./s1. The van der Waals surface area contributed by atoms with Gasteiger partial charge in [-0.15, -0.1) is 0 Å². The van der Waals surface area contributed by atoms with Gasteiger partial charge in [0.05, 0.1) is 25.5 Å². The Balaban J connectivity index is 0.00000480. The van der Waals surface area contributed by atoms with Crippen molar-refractivity contribution in [3.05, 3.63) is 65.5 Å². The molecule has 2 aromatic carbocycles. The Labute approximate surface area is 222 Å². The van der Waals surface area contributed by atoms with E-state index in [1.165, 1.54) is 31.4 Å². The maximum atomic E-state index is 12.8. The summed E-state index contributed by atoms with van der Waals surface area (Å²) in [6.45, 7) is 0.255. The van der Waals surface area contributed by atoms with E-state index >= 15 is 0 Å². The minimum Gasteiger partial charge on any atom is -0.548 e.